The number of nitrogens with zero attached hydrogens (tertiary/aromatic N) is 1. The zero-order chi connectivity index (χ0) is 8.55. The Labute approximate surface area is 81.7 Å². The molecule has 0 aliphatic carbocycles. The summed E-state index contributed by atoms with van der Waals surface area (Å²) in [5, 5.41) is 0.739. The van der Waals surface area contributed by atoms with Crippen molar-refractivity contribution in [3.63, 3.8) is 0 Å². The van der Waals surface area contributed by atoms with Gasteiger partial charge in [0.05, 0.1) is 10.2 Å². The van der Waals surface area contributed by atoms with Gasteiger partial charge in [-0.1, -0.05) is 27.3 Å². The van der Waals surface area contributed by atoms with Crippen LogP contribution in [0.1, 0.15) is 0 Å². The Balaban J connectivity index is 2.67. The van der Waals surface area contributed by atoms with E-state index in [1.54, 1.807) is 0 Å². The fraction of sp³-hybridized carbons (Fsp3) is 0. The molecule has 0 saturated carbocycles. The molecule has 1 aromatic heterocycles. The Morgan fingerprint density at radius 3 is 3.08 bits per heavy atom. The first-order valence-electron chi connectivity index (χ1n) is 3.32. The van der Waals surface area contributed by atoms with E-state index in [0.717, 1.165) is 19.8 Å². The molecule has 0 aliphatic rings. The molecule has 0 spiro atoms. The van der Waals surface area contributed by atoms with Gasteiger partial charge in [-0.25, -0.2) is 10.8 Å². The van der Waals surface area contributed by atoms with E-state index < -0.39 is 0 Å². The maximum atomic E-state index is 5.24. The number of nitrogens with one attached hydrogen (secondary N) is 1. The molecule has 62 valence electrons. The van der Waals surface area contributed by atoms with Crippen LogP contribution in [0.4, 0.5) is 5.13 Å². The van der Waals surface area contributed by atoms with Gasteiger partial charge in [0.2, 0.25) is 0 Å². The number of aromatic nitrogens is 1. The predicted octanol–water partition coefficient (Wildman–Crippen LogP) is 2.34. The topological polar surface area (TPSA) is 50.9 Å². The van der Waals surface area contributed by atoms with Crippen LogP contribution in [-0.2, 0) is 0 Å². The van der Waals surface area contributed by atoms with Crippen molar-refractivity contribution in [1.82, 2.24) is 4.98 Å². The van der Waals surface area contributed by atoms with E-state index in [9.17, 15) is 0 Å². The second-order valence-electron chi connectivity index (χ2n) is 2.28. The quantitative estimate of drug-likeness (QED) is 0.598. The smallest absolute Gasteiger partial charge is 0.198 e. The van der Waals surface area contributed by atoms with Gasteiger partial charge in [-0.2, -0.15) is 0 Å². The van der Waals surface area contributed by atoms with Crippen molar-refractivity contribution >= 4 is 42.6 Å². The van der Waals surface area contributed by atoms with E-state index in [-0.39, 0.29) is 0 Å². The highest BCUT2D eigenvalue weighted by Crippen LogP contribution is 2.27. The molecule has 1 aromatic carbocycles. The highest BCUT2D eigenvalue weighted by atomic mass is 79.9. The minimum Gasteiger partial charge on any atom is -0.300 e. The van der Waals surface area contributed by atoms with Crippen LogP contribution in [0.2, 0.25) is 0 Å². The molecule has 0 radical (unpaired) electrons. The first kappa shape index (κ1) is 7.97. The highest BCUT2D eigenvalue weighted by Gasteiger charge is 2.01. The standard InChI is InChI=1S/C7H6BrN3S/c8-4-1-2-6-5(3-4)10-7(11-9)12-6/h1-3H,9H2,(H,10,11). The van der Waals surface area contributed by atoms with E-state index >= 15 is 0 Å². The van der Waals surface area contributed by atoms with Crippen molar-refractivity contribution in [3.05, 3.63) is 22.7 Å². The summed E-state index contributed by atoms with van der Waals surface area (Å²) in [5.41, 5.74) is 3.49. The number of hydrogen-bond acceptors (Lipinski definition) is 4. The summed E-state index contributed by atoms with van der Waals surface area (Å²) in [6.07, 6.45) is 0. The maximum absolute atomic E-state index is 5.24. The monoisotopic (exact) mass is 243 g/mol. The van der Waals surface area contributed by atoms with Crippen molar-refractivity contribution in [3.8, 4) is 0 Å². The number of hydrogen-bond donors (Lipinski definition) is 2. The normalized spacial score (nSPS) is 10.5. The summed E-state index contributed by atoms with van der Waals surface area (Å²) in [6, 6.07) is 5.96. The van der Waals surface area contributed by atoms with E-state index in [0.29, 0.717) is 0 Å². The van der Waals surface area contributed by atoms with Gasteiger partial charge in [0, 0.05) is 4.47 Å². The van der Waals surface area contributed by atoms with E-state index in [2.05, 4.69) is 26.3 Å². The summed E-state index contributed by atoms with van der Waals surface area (Å²) >= 11 is 4.91. The van der Waals surface area contributed by atoms with Gasteiger partial charge in [0.1, 0.15) is 0 Å². The van der Waals surface area contributed by atoms with Crippen LogP contribution in [0.15, 0.2) is 22.7 Å². The Bertz CT molecular complexity index is 412. The fourth-order valence-electron chi connectivity index (χ4n) is 0.962. The number of hydrazine groups is 1. The number of fused-ring (bicyclic) bond motifs is 1. The average molecular weight is 244 g/mol. The zero-order valence-electron chi connectivity index (χ0n) is 6.04. The van der Waals surface area contributed by atoms with Crippen LogP contribution in [-0.4, -0.2) is 4.98 Å². The number of thiazole rings is 1. The number of rotatable bonds is 1. The van der Waals surface area contributed by atoms with Gasteiger partial charge in [-0.05, 0) is 18.2 Å². The molecule has 0 aliphatic heterocycles. The van der Waals surface area contributed by atoms with E-state index in [1.165, 1.54) is 11.3 Å². The number of benzene rings is 1. The number of nitrogen functional groups attached to an aromatic ring is 1. The lowest BCUT2D eigenvalue weighted by atomic mass is 10.3. The maximum Gasteiger partial charge on any atom is 0.198 e. The molecule has 12 heavy (non-hydrogen) atoms. The van der Waals surface area contributed by atoms with Crippen LogP contribution >= 0.6 is 27.3 Å². The molecular weight excluding hydrogens is 238 g/mol. The second kappa shape index (κ2) is 3.01. The first-order valence-corrected chi connectivity index (χ1v) is 4.93. The van der Waals surface area contributed by atoms with Gasteiger partial charge in [-0.3, -0.25) is 5.43 Å². The molecule has 1 heterocycles. The molecule has 2 aromatic rings. The van der Waals surface area contributed by atoms with Crippen LogP contribution in [0, 0.1) is 0 Å². The molecule has 2 rings (SSSR count). The molecular formula is C7H6BrN3S. The lowest BCUT2D eigenvalue weighted by Crippen LogP contribution is -2.05. The fourth-order valence-corrected chi connectivity index (χ4v) is 2.07. The van der Waals surface area contributed by atoms with Gasteiger partial charge in [0.25, 0.3) is 0 Å². The Kier molecular flexibility index (Phi) is 2.00. The molecule has 0 fully saturated rings. The van der Waals surface area contributed by atoms with Crippen molar-refractivity contribution in [2.24, 2.45) is 5.84 Å². The van der Waals surface area contributed by atoms with Crippen LogP contribution < -0.4 is 11.3 Å². The summed E-state index contributed by atoms with van der Waals surface area (Å²) in [6.45, 7) is 0. The largest absolute Gasteiger partial charge is 0.300 e. The first-order chi connectivity index (χ1) is 5.79. The SMILES string of the molecule is NNc1nc2cc(Br)ccc2s1. The van der Waals surface area contributed by atoms with Gasteiger partial charge >= 0.3 is 0 Å². The van der Waals surface area contributed by atoms with E-state index in [1.807, 2.05) is 18.2 Å². The molecule has 0 atom stereocenters. The third kappa shape index (κ3) is 1.31. The lowest BCUT2D eigenvalue weighted by molar-refractivity contribution is 1.31. The summed E-state index contributed by atoms with van der Waals surface area (Å²) in [5.74, 6) is 5.24. The minimum absolute atomic E-state index is 0.739. The van der Waals surface area contributed by atoms with Gasteiger partial charge in [-0.15, -0.1) is 0 Å². The molecule has 0 amide bonds. The Morgan fingerprint density at radius 1 is 1.50 bits per heavy atom. The number of nitrogens with two attached hydrogens (primary N) is 1. The lowest BCUT2D eigenvalue weighted by Gasteiger charge is -1.87. The van der Waals surface area contributed by atoms with Crippen molar-refractivity contribution < 1.29 is 0 Å². The van der Waals surface area contributed by atoms with Gasteiger partial charge < -0.3 is 0 Å². The van der Waals surface area contributed by atoms with Crippen LogP contribution in [0.25, 0.3) is 10.2 Å². The average Bonchev–Trinajstić information content (AvgIpc) is 2.46. The molecule has 0 bridgehead atoms. The van der Waals surface area contributed by atoms with Crippen molar-refractivity contribution in [2.75, 3.05) is 5.43 Å². The van der Waals surface area contributed by atoms with Gasteiger partial charge in [0.15, 0.2) is 5.13 Å². The highest BCUT2D eigenvalue weighted by molar-refractivity contribution is 9.10. The summed E-state index contributed by atoms with van der Waals surface area (Å²) in [7, 11) is 0. The van der Waals surface area contributed by atoms with Crippen LogP contribution in [0.5, 0.6) is 0 Å². The number of anilines is 1. The predicted molar refractivity (Wildman–Crippen MR) is 55.1 cm³/mol. The minimum atomic E-state index is 0.739. The summed E-state index contributed by atoms with van der Waals surface area (Å²) in [4.78, 5) is 4.24. The third-order valence-corrected chi connectivity index (χ3v) is 2.93. The molecule has 0 unspecified atom stereocenters. The molecule has 5 heteroatoms. The second-order valence-corrected chi connectivity index (χ2v) is 4.22. The zero-order valence-corrected chi connectivity index (χ0v) is 8.45. The molecule has 0 saturated heterocycles. The van der Waals surface area contributed by atoms with Crippen molar-refractivity contribution in [1.29, 1.82) is 0 Å². The third-order valence-electron chi connectivity index (χ3n) is 1.47. The Morgan fingerprint density at radius 2 is 2.33 bits per heavy atom. The van der Waals surface area contributed by atoms with Crippen LogP contribution in [0.3, 0.4) is 0 Å². The number of halogens is 1. The van der Waals surface area contributed by atoms with E-state index in [4.69, 9.17) is 5.84 Å². The molecule has 3 N–H and O–H groups in total. The Hall–Kier alpha value is -0.650. The molecule has 3 nitrogen and oxygen atoms in total. The van der Waals surface area contributed by atoms with Crippen molar-refractivity contribution in [2.45, 2.75) is 0 Å². The summed E-state index contributed by atoms with van der Waals surface area (Å²) < 4.78 is 2.16.